The molecule has 52 valence electrons. The van der Waals surface area contributed by atoms with Gasteiger partial charge < -0.3 is 10.5 Å². The van der Waals surface area contributed by atoms with E-state index in [0.29, 0.717) is 6.04 Å². The summed E-state index contributed by atoms with van der Waals surface area (Å²) in [6.45, 7) is 1.05. The van der Waals surface area contributed by atoms with Crippen LogP contribution in [0.25, 0.3) is 0 Å². The highest BCUT2D eigenvalue weighted by molar-refractivity contribution is 5.63. The third-order valence-electron chi connectivity index (χ3n) is 1.60. The molecule has 0 aromatic heterocycles. The summed E-state index contributed by atoms with van der Waals surface area (Å²) in [6, 6.07) is 0.309. The molecule has 0 spiro atoms. The largest absolute Gasteiger partial charge is 0.411 e. The van der Waals surface area contributed by atoms with Crippen molar-refractivity contribution >= 4 is 6.21 Å². The second-order valence-corrected chi connectivity index (χ2v) is 2.32. The second kappa shape index (κ2) is 3.45. The van der Waals surface area contributed by atoms with Crippen LogP contribution in [0.1, 0.15) is 19.3 Å². The first-order valence-electron chi connectivity index (χ1n) is 3.34. The first-order chi connectivity index (χ1) is 4.43. The molecule has 1 rings (SSSR count). The van der Waals surface area contributed by atoms with E-state index in [9.17, 15) is 0 Å². The molecule has 0 bridgehead atoms. The molecule has 2 N–H and O–H groups in total. The molecule has 3 nitrogen and oxygen atoms in total. The minimum Gasteiger partial charge on any atom is -0.411 e. The Hall–Kier alpha value is -0.570. The molecular formula is C6H12N2O. The zero-order chi connectivity index (χ0) is 6.53. The van der Waals surface area contributed by atoms with Crippen LogP contribution in [-0.4, -0.2) is 24.0 Å². The molecule has 1 fully saturated rings. The van der Waals surface area contributed by atoms with Crippen LogP contribution in [0.4, 0.5) is 0 Å². The Balaban J connectivity index is 2.23. The number of piperidine rings is 1. The van der Waals surface area contributed by atoms with Crippen molar-refractivity contribution in [3.05, 3.63) is 0 Å². The Morgan fingerprint density at radius 1 is 1.56 bits per heavy atom. The highest BCUT2D eigenvalue weighted by Gasteiger charge is 2.08. The summed E-state index contributed by atoms with van der Waals surface area (Å²) in [5.74, 6) is 0. The molecule has 0 saturated carbocycles. The van der Waals surface area contributed by atoms with Gasteiger partial charge in [-0.05, 0) is 19.4 Å². The summed E-state index contributed by atoms with van der Waals surface area (Å²) in [5, 5.41) is 14.3. The summed E-state index contributed by atoms with van der Waals surface area (Å²) in [6.07, 6.45) is 5.14. The zero-order valence-corrected chi connectivity index (χ0v) is 5.38. The predicted octanol–water partition coefficient (Wildman–Crippen LogP) is 0.588. The van der Waals surface area contributed by atoms with E-state index in [2.05, 4.69) is 10.5 Å². The van der Waals surface area contributed by atoms with Crippen molar-refractivity contribution in [1.29, 1.82) is 0 Å². The molecular weight excluding hydrogens is 116 g/mol. The van der Waals surface area contributed by atoms with Gasteiger partial charge in [0.25, 0.3) is 0 Å². The third kappa shape index (κ3) is 2.01. The molecule has 0 aromatic carbocycles. The molecule has 1 aliphatic rings. The molecule has 0 amide bonds. The van der Waals surface area contributed by atoms with Gasteiger partial charge in [-0.15, -0.1) is 5.16 Å². The van der Waals surface area contributed by atoms with Crippen LogP contribution in [0.3, 0.4) is 0 Å². The van der Waals surface area contributed by atoms with Crippen molar-refractivity contribution in [1.82, 2.24) is 5.32 Å². The maximum Gasteiger partial charge on any atom is 0.0605 e. The number of nitrogens with one attached hydrogen (secondary N) is 1. The maximum absolute atomic E-state index is 8.15. The number of oxime groups is 1. The summed E-state index contributed by atoms with van der Waals surface area (Å²) < 4.78 is 0. The zero-order valence-electron chi connectivity index (χ0n) is 5.38. The van der Waals surface area contributed by atoms with Gasteiger partial charge in [0.1, 0.15) is 0 Å². The fourth-order valence-electron chi connectivity index (χ4n) is 1.09. The molecule has 1 aliphatic heterocycles. The Labute approximate surface area is 54.8 Å². The quantitative estimate of drug-likeness (QED) is 0.308. The van der Waals surface area contributed by atoms with Crippen molar-refractivity contribution in [3.8, 4) is 0 Å². The highest BCUT2D eigenvalue weighted by Crippen LogP contribution is 2.04. The van der Waals surface area contributed by atoms with Crippen LogP contribution < -0.4 is 5.32 Å². The van der Waals surface area contributed by atoms with E-state index < -0.39 is 0 Å². The van der Waals surface area contributed by atoms with E-state index in [1.54, 1.807) is 6.21 Å². The van der Waals surface area contributed by atoms with E-state index in [-0.39, 0.29) is 0 Å². The number of nitrogens with zero attached hydrogens (tertiary/aromatic N) is 1. The Bertz CT molecular complexity index is 97.2. The molecule has 0 aliphatic carbocycles. The normalized spacial score (nSPS) is 29.1. The van der Waals surface area contributed by atoms with Gasteiger partial charge in [0, 0.05) is 6.04 Å². The van der Waals surface area contributed by atoms with Crippen molar-refractivity contribution in [2.24, 2.45) is 5.16 Å². The average molecular weight is 128 g/mol. The highest BCUT2D eigenvalue weighted by atomic mass is 16.4. The van der Waals surface area contributed by atoms with Gasteiger partial charge in [-0.1, -0.05) is 6.42 Å². The second-order valence-electron chi connectivity index (χ2n) is 2.32. The van der Waals surface area contributed by atoms with Crippen LogP contribution in [0, 0.1) is 0 Å². The van der Waals surface area contributed by atoms with Crippen LogP contribution in [0.2, 0.25) is 0 Å². The lowest BCUT2D eigenvalue weighted by molar-refractivity contribution is 0.316. The lowest BCUT2D eigenvalue weighted by Gasteiger charge is -2.18. The minimum atomic E-state index is 0.309. The first-order valence-corrected chi connectivity index (χ1v) is 3.34. The summed E-state index contributed by atoms with van der Waals surface area (Å²) in [4.78, 5) is 0. The van der Waals surface area contributed by atoms with Gasteiger partial charge >= 0.3 is 0 Å². The Kier molecular flexibility index (Phi) is 2.51. The first kappa shape index (κ1) is 6.55. The standard InChI is InChI=1S/C6H12N2O/c9-8-5-6-3-1-2-4-7-6/h5-7,9H,1-4H2. The Morgan fingerprint density at radius 2 is 2.44 bits per heavy atom. The Morgan fingerprint density at radius 3 is 3.00 bits per heavy atom. The van der Waals surface area contributed by atoms with E-state index in [4.69, 9.17) is 5.21 Å². The SMILES string of the molecule is ON=CC1CCCCN1. The van der Waals surface area contributed by atoms with Gasteiger partial charge in [0.2, 0.25) is 0 Å². The lowest BCUT2D eigenvalue weighted by Crippen LogP contribution is -2.34. The van der Waals surface area contributed by atoms with Crippen molar-refractivity contribution in [2.75, 3.05) is 6.54 Å². The van der Waals surface area contributed by atoms with E-state index in [0.717, 1.165) is 13.0 Å². The van der Waals surface area contributed by atoms with Crippen LogP contribution in [0.5, 0.6) is 0 Å². The number of hydrogen-bond acceptors (Lipinski definition) is 3. The third-order valence-corrected chi connectivity index (χ3v) is 1.60. The fraction of sp³-hybridized carbons (Fsp3) is 0.833. The molecule has 1 atom stereocenters. The molecule has 9 heavy (non-hydrogen) atoms. The summed E-state index contributed by atoms with van der Waals surface area (Å²) >= 11 is 0. The van der Waals surface area contributed by atoms with Gasteiger partial charge in [-0.25, -0.2) is 0 Å². The van der Waals surface area contributed by atoms with Crippen LogP contribution in [0.15, 0.2) is 5.16 Å². The van der Waals surface area contributed by atoms with E-state index >= 15 is 0 Å². The average Bonchev–Trinajstić information content (AvgIpc) is 1.91. The molecule has 0 aromatic rings. The number of rotatable bonds is 1. The van der Waals surface area contributed by atoms with Crippen molar-refractivity contribution in [3.63, 3.8) is 0 Å². The topological polar surface area (TPSA) is 44.6 Å². The maximum atomic E-state index is 8.15. The number of hydrogen-bond donors (Lipinski definition) is 2. The summed E-state index contributed by atoms with van der Waals surface area (Å²) in [7, 11) is 0. The van der Waals surface area contributed by atoms with Gasteiger partial charge in [-0.3, -0.25) is 0 Å². The molecule has 0 radical (unpaired) electrons. The molecule has 1 unspecified atom stereocenters. The van der Waals surface area contributed by atoms with Crippen molar-refractivity contribution in [2.45, 2.75) is 25.3 Å². The monoisotopic (exact) mass is 128 g/mol. The lowest BCUT2D eigenvalue weighted by atomic mass is 10.1. The predicted molar refractivity (Wildman–Crippen MR) is 35.9 cm³/mol. The van der Waals surface area contributed by atoms with Crippen LogP contribution in [-0.2, 0) is 0 Å². The van der Waals surface area contributed by atoms with Gasteiger partial charge in [-0.2, -0.15) is 0 Å². The van der Waals surface area contributed by atoms with E-state index in [1.165, 1.54) is 12.8 Å². The van der Waals surface area contributed by atoms with E-state index in [1.807, 2.05) is 0 Å². The smallest absolute Gasteiger partial charge is 0.0605 e. The van der Waals surface area contributed by atoms with Gasteiger partial charge in [0.15, 0.2) is 0 Å². The minimum absolute atomic E-state index is 0.309. The summed E-state index contributed by atoms with van der Waals surface area (Å²) in [5.41, 5.74) is 0. The molecule has 1 heterocycles. The van der Waals surface area contributed by atoms with Crippen LogP contribution >= 0.6 is 0 Å². The van der Waals surface area contributed by atoms with Gasteiger partial charge in [0.05, 0.1) is 6.21 Å². The fourth-order valence-corrected chi connectivity index (χ4v) is 1.09. The molecule has 1 saturated heterocycles. The van der Waals surface area contributed by atoms with Crippen molar-refractivity contribution < 1.29 is 5.21 Å². The molecule has 3 heteroatoms.